The second-order valence-corrected chi connectivity index (χ2v) is 4.56. The van der Waals surface area contributed by atoms with Gasteiger partial charge in [-0.2, -0.15) is 0 Å². The van der Waals surface area contributed by atoms with Crippen molar-refractivity contribution < 1.29 is 19.1 Å². The SMILES string of the molecule is COC(=O)CC(C(C)=O)C(=O)C(C)(C)C. The van der Waals surface area contributed by atoms with Crippen molar-refractivity contribution in [1.82, 2.24) is 0 Å². The lowest BCUT2D eigenvalue weighted by molar-refractivity contribution is -0.148. The summed E-state index contributed by atoms with van der Waals surface area (Å²) in [4.78, 5) is 34.1. The summed E-state index contributed by atoms with van der Waals surface area (Å²) in [6.07, 6.45) is -0.165. The third-order valence-electron chi connectivity index (χ3n) is 2.14. The number of ketones is 2. The summed E-state index contributed by atoms with van der Waals surface area (Å²) in [5.41, 5.74) is -0.621. The van der Waals surface area contributed by atoms with E-state index in [2.05, 4.69) is 4.74 Å². The second-order valence-electron chi connectivity index (χ2n) is 4.56. The van der Waals surface area contributed by atoms with Crippen molar-refractivity contribution in [2.75, 3.05) is 7.11 Å². The molecule has 0 amide bonds. The quantitative estimate of drug-likeness (QED) is 0.524. The molecule has 0 aliphatic heterocycles. The number of Topliss-reactive ketones (excluding diaryl/α,β-unsaturated/α-hetero) is 2. The van der Waals surface area contributed by atoms with Gasteiger partial charge in [0.25, 0.3) is 0 Å². The zero-order valence-corrected chi connectivity index (χ0v) is 9.92. The first kappa shape index (κ1) is 13.8. The maximum absolute atomic E-state index is 11.8. The Balaban J connectivity index is 4.76. The molecule has 0 aromatic carbocycles. The molecule has 0 heterocycles. The Morgan fingerprint density at radius 3 is 1.93 bits per heavy atom. The molecule has 0 aliphatic carbocycles. The molecule has 0 aromatic rings. The van der Waals surface area contributed by atoms with Crippen molar-refractivity contribution in [2.24, 2.45) is 11.3 Å². The Bertz CT molecular complexity index is 273. The average molecular weight is 214 g/mol. The first-order valence-corrected chi connectivity index (χ1v) is 4.81. The number of hydrogen-bond acceptors (Lipinski definition) is 4. The fourth-order valence-corrected chi connectivity index (χ4v) is 1.19. The average Bonchev–Trinajstić information content (AvgIpc) is 2.10. The van der Waals surface area contributed by atoms with Crippen LogP contribution in [-0.4, -0.2) is 24.6 Å². The topological polar surface area (TPSA) is 60.4 Å². The molecule has 0 aromatic heterocycles. The van der Waals surface area contributed by atoms with Gasteiger partial charge in [0.1, 0.15) is 11.6 Å². The third kappa shape index (κ3) is 4.23. The molecule has 0 bridgehead atoms. The number of methoxy groups -OCH3 is 1. The van der Waals surface area contributed by atoms with Crippen LogP contribution >= 0.6 is 0 Å². The van der Waals surface area contributed by atoms with Crippen LogP contribution in [0.4, 0.5) is 0 Å². The van der Waals surface area contributed by atoms with Gasteiger partial charge in [-0.1, -0.05) is 20.8 Å². The monoisotopic (exact) mass is 214 g/mol. The molecule has 4 nitrogen and oxygen atoms in total. The molecule has 0 rings (SSSR count). The minimum absolute atomic E-state index is 0.165. The smallest absolute Gasteiger partial charge is 0.306 e. The standard InChI is InChI=1S/C11H18O4/c1-7(12)8(6-9(13)15-5)10(14)11(2,3)4/h8H,6H2,1-5H3. The maximum Gasteiger partial charge on any atom is 0.306 e. The molecule has 1 atom stereocenters. The highest BCUT2D eigenvalue weighted by Gasteiger charge is 2.34. The van der Waals surface area contributed by atoms with Gasteiger partial charge in [0.05, 0.1) is 19.4 Å². The lowest BCUT2D eigenvalue weighted by atomic mass is 9.80. The predicted molar refractivity (Wildman–Crippen MR) is 55.3 cm³/mol. The molecule has 4 heteroatoms. The molecule has 0 saturated carbocycles. The van der Waals surface area contributed by atoms with Crippen molar-refractivity contribution in [3.05, 3.63) is 0 Å². The van der Waals surface area contributed by atoms with Crippen LogP contribution in [0.2, 0.25) is 0 Å². The summed E-state index contributed by atoms with van der Waals surface area (Å²) >= 11 is 0. The highest BCUT2D eigenvalue weighted by atomic mass is 16.5. The molecule has 86 valence electrons. The highest BCUT2D eigenvalue weighted by molar-refractivity contribution is 6.05. The van der Waals surface area contributed by atoms with Crippen molar-refractivity contribution in [2.45, 2.75) is 34.1 Å². The summed E-state index contributed by atoms with van der Waals surface area (Å²) < 4.78 is 4.45. The lowest BCUT2D eigenvalue weighted by Gasteiger charge is -2.22. The van der Waals surface area contributed by atoms with Gasteiger partial charge in [-0.3, -0.25) is 14.4 Å². The van der Waals surface area contributed by atoms with Gasteiger partial charge in [-0.15, -0.1) is 0 Å². The Morgan fingerprint density at radius 1 is 1.20 bits per heavy atom. The summed E-state index contributed by atoms with van der Waals surface area (Å²) in [6, 6.07) is 0. The summed E-state index contributed by atoms with van der Waals surface area (Å²) in [5, 5.41) is 0. The van der Waals surface area contributed by atoms with Gasteiger partial charge in [0.15, 0.2) is 0 Å². The van der Waals surface area contributed by atoms with Gasteiger partial charge in [-0.25, -0.2) is 0 Å². The molecule has 0 spiro atoms. The van der Waals surface area contributed by atoms with Gasteiger partial charge in [0, 0.05) is 5.41 Å². The lowest BCUT2D eigenvalue weighted by Crippen LogP contribution is -2.34. The van der Waals surface area contributed by atoms with Crippen molar-refractivity contribution in [3.63, 3.8) is 0 Å². The number of esters is 1. The van der Waals surface area contributed by atoms with Gasteiger partial charge in [-0.05, 0) is 6.92 Å². The van der Waals surface area contributed by atoms with E-state index in [1.54, 1.807) is 20.8 Å². The third-order valence-corrected chi connectivity index (χ3v) is 2.14. The zero-order chi connectivity index (χ0) is 12.2. The minimum atomic E-state index is -0.877. The van der Waals surface area contributed by atoms with Gasteiger partial charge in [0.2, 0.25) is 0 Å². The van der Waals surface area contributed by atoms with E-state index >= 15 is 0 Å². The van der Waals surface area contributed by atoms with Crippen LogP contribution in [0.25, 0.3) is 0 Å². The van der Waals surface area contributed by atoms with E-state index in [4.69, 9.17) is 0 Å². The van der Waals surface area contributed by atoms with Crippen LogP contribution < -0.4 is 0 Å². The molecule has 0 aliphatic rings. The number of carbonyl (C=O) groups excluding carboxylic acids is 3. The van der Waals surface area contributed by atoms with Crippen LogP contribution in [0.3, 0.4) is 0 Å². The minimum Gasteiger partial charge on any atom is -0.469 e. The number of carbonyl (C=O) groups is 3. The first-order chi connectivity index (χ1) is 6.70. The number of hydrogen-bond donors (Lipinski definition) is 0. The molecular formula is C11H18O4. The van der Waals surface area contributed by atoms with E-state index in [0.29, 0.717) is 0 Å². The first-order valence-electron chi connectivity index (χ1n) is 4.81. The molecular weight excluding hydrogens is 196 g/mol. The van der Waals surface area contributed by atoms with Gasteiger partial charge < -0.3 is 4.74 Å². The van der Waals surface area contributed by atoms with Crippen molar-refractivity contribution in [1.29, 1.82) is 0 Å². The van der Waals surface area contributed by atoms with Crippen molar-refractivity contribution >= 4 is 17.5 Å². The fourth-order valence-electron chi connectivity index (χ4n) is 1.19. The van der Waals surface area contributed by atoms with Crippen LogP contribution in [0.1, 0.15) is 34.1 Å². The Morgan fingerprint density at radius 2 is 1.67 bits per heavy atom. The largest absolute Gasteiger partial charge is 0.469 e. The van der Waals surface area contributed by atoms with Crippen LogP contribution in [0.5, 0.6) is 0 Å². The van der Waals surface area contributed by atoms with E-state index < -0.39 is 17.3 Å². The molecule has 0 fully saturated rings. The van der Waals surface area contributed by atoms with E-state index in [1.807, 2.05) is 0 Å². The molecule has 1 unspecified atom stereocenters. The Hall–Kier alpha value is -1.19. The van der Waals surface area contributed by atoms with Crippen LogP contribution in [-0.2, 0) is 19.1 Å². The summed E-state index contributed by atoms with van der Waals surface area (Å²) in [7, 11) is 1.24. The summed E-state index contributed by atoms with van der Waals surface area (Å²) in [5.74, 6) is -1.93. The molecule has 0 saturated heterocycles. The van der Waals surface area contributed by atoms with E-state index in [1.165, 1.54) is 14.0 Å². The Labute approximate surface area is 90.0 Å². The fraction of sp³-hybridized carbons (Fsp3) is 0.727. The maximum atomic E-state index is 11.8. The molecule has 0 radical (unpaired) electrons. The molecule has 0 N–H and O–H groups in total. The molecule has 15 heavy (non-hydrogen) atoms. The number of ether oxygens (including phenoxy) is 1. The van der Waals surface area contributed by atoms with Crippen molar-refractivity contribution in [3.8, 4) is 0 Å². The van der Waals surface area contributed by atoms with E-state index in [9.17, 15) is 14.4 Å². The predicted octanol–water partition coefficient (Wildman–Crippen LogP) is 1.37. The highest BCUT2D eigenvalue weighted by Crippen LogP contribution is 2.23. The zero-order valence-electron chi connectivity index (χ0n) is 9.92. The number of rotatable bonds is 4. The second kappa shape index (κ2) is 5.05. The van der Waals surface area contributed by atoms with E-state index in [-0.39, 0.29) is 18.0 Å². The van der Waals surface area contributed by atoms with Crippen LogP contribution in [0.15, 0.2) is 0 Å². The summed E-state index contributed by atoms with van der Waals surface area (Å²) in [6.45, 7) is 6.49. The normalized spacial score (nSPS) is 13.1. The van der Waals surface area contributed by atoms with E-state index in [0.717, 1.165) is 0 Å². The van der Waals surface area contributed by atoms with Crippen LogP contribution in [0, 0.1) is 11.3 Å². The Kier molecular flexibility index (Phi) is 4.65. The van der Waals surface area contributed by atoms with Gasteiger partial charge >= 0.3 is 5.97 Å².